The molecule has 0 saturated carbocycles. The maximum Gasteiger partial charge on any atom is 0.238 e. The summed E-state index contributed by atoms with van der Waals surface area (Å²) < 4.78 is 0. The summed E-state index contributed by atoms with van der Waals surface area (Å²) in [7, 11) is 0. The largest absolute Gasteiger partial charge is 0.353 e. The van der Waals surface area contributed by atoms with Crippen LogP contribution in [-0.2, 0) is 16.1 Å². The van der Waals surface area contributed by atoms with Crippen LogP contribution in [0.4, 0.5) is 5.69 Å². The molecule has 0 aliphatic carbocycles. The van der Waals surface area contributed by atoms with E-state index in [1.807, 2.05) is 24.3 Å². The van der Waals surface area contributed by atoms with Crippen LogP contribution >= 0.6 is 11.8 Å². The van der Waals surface area contributed by atoms with Crippen LogP contribution in [0.1, 0.15) is 30.4 Å². The van der Waals surface area contributed by atoms with E-state index in [2.05, 4.69) is 46.7 Å². The topological polar surface area (TPSA) is 61.4 Å². The van der Waals surface area contributed by atoms with E-state index in [0.717, 1.165) is 43.1 Å². The van der Waals surface area contributed by atoms with E-state index in [1.54, 1.807) is 0 Å². The highest BCUT2D eigenvalue weighted by Gasteiger charge is 2.30. The van der Waals surface area contributed by atoms with Gasteiger partial charge in [-0.05, 0) is 43.0 Å². The number of nitrogens with zero attached hydrogens (tertiary/aromatic N) is 1. The lowest BCUT2D eigenvalue weighted by molar-refractivity contribution is -0.124. The molecule has 4 rings (SSSR count). The predicted molar refractivity (Wildman–Crippen MR) is 117 cm³/mol. The molecule has 1 unspecified atom stereocenters. The minimum atomic E-state index is -0.369. The molecule has 152 valence electrons. The molecule has 2 N–H and O–H groups in total. The maximum atomic E-state index is 12.5. The molecule has 1 saturated heterocycles. The number of anilines is 1. The van der Waals surface area contributed by atoms with E-state index >= 15 is 0 Å². The fourth-order valence-corrected chi connectivity index (χ4v) is 5.06. The molecule has 5 nitrogen and oxygen atoms in total. The third kappa shape index (κ3) is 5.00. The number of nitrogens with one attached hydrogen (secondary N) is 2. The molecule has 29 heavy (non-hydrogen) atoms. The first-order valence-electron chi connectivity index (χ1n) is 10.2. The Morgan fingerprint density at radius 1 is 1.14 bits per heavy atom. The van der Waals surface area contributed by atoms with Gasteiger partial charge in [-0.25, -0.2) is 0 Å². The van der Waals surface area contributed by atoms with Gasteiger partial charge in [0, 0.05) is 37.0 Å². The van der Waals surface area contributed by atoms with E-state index in [1.165, 1.54) is 22.9 Å². The lowest BCUT2D eigenvalue weighted by atomic mass is 10.0. The summed E-state index contributed by atoms with van der Waals surface area (Å²) in [5.74, 6) is -0.119. The summed E-state index contributed by atoms with van der Waals surface area (Å²) in [6.45, 7) is 5.07. The second-order valence-electron chi connectivity index (χ2n) is 7.84. The zero-order chi connectivity index (χ0) is 20.2. The molecule has 1 fully saturated rings. The first kappa shape index (κ1) is 20.0. The van der Waals surface area contributed by atoms with Crippen molar-refractivity contribution in [2.45, 2.75) is 48.9 Å². The Hall–Kier alpha value is -2.31. The van der Waals surface area contributed by atoms with Gasteiger partial charge in [0.15, 0.2) is 0 Å². The number of carbonyl (C=O) groups excluding carboxylic acids is 2. The van der Waals surface area contributed by atoms with Crippen LogP contribution in [0.15, 0.2) is 53.4 Å². The standard InChI is InChI=1S/C23H27N3O2S/c1-16-6-2-3-7-17(16)15-26-12-10-18(11-13-26)24-22(27)14-21-23(28)25-19-8-4-5-9-20(19)29-21/h2-9,18,21H,10-15H2,1H3,(H,24,27)(H,25,28). The maximum absolute atomic E-state index is 12.5. The third-order valence-corrected chi connectivity index (χ3v) is 6.96. The molecule has 0 spiro atoms. The molecule has 0 bridgehead atoms. The van der Waals surface area contributed by atoms with Gasteiger partial charge in [0.1, 0.15) is 0 Å². The molecular weight excluding hydrogens is 382 g/mol. The average molecular weight is 410 g/mol. The van der Waals surface area contributed by atoms with Crippen molar-refractivity contribution in [3.8, 4) is 0 Å². The van der Waals surface area contributed by atoms with Crippen LogP contribution in [0.3, 0.4) is 0 Å². The van der Waals surface area contributed by atoms with Crippen LogP contribution in [0.5, 0.6) is 0 Å². The smallest absolute Gasteiger partial charge is 0.238 e. The molecule has 1 atom stereocenters. The quantitative estimate of drug-likeness (QED) is 0.792. The minimum absolute atomic E-state index is 0.0330. The van der Waals surface area contributed by atoms with Gasteiger partial charge < -0.3 is 10.6 Å². The van der Waals surface area contributed by atoms with Crippen molar-refractivity contribution >= 4 is 29.3 Å². The number of benzene rings is 2. The zero-order valence-electron chi connectivity index (χ0n) is 16.7. The van der Waals surface area contributed by atoms with E-state index in [4.69, 9.17) is 0 Å². The summed E-state index contributed by atoms with van der Waals surface area (Å²) in [6.07, 6.45) is 2.11. The number of fused-ring (bicyclic) bond motifs is 1. The van der Waals surface area contributed by atoms with Crippen molar-refractivity contribution < 1.29 is 9.59 Å². The van der Waals surface area contributed by atoms with Gasteiger partial charge in [-0.15, -0.1) is 11.8 Å². The number of amides is 2. The van der Waals surface area contributed by atoms with Gasteiger partial charge in [0.2, 0.25) is 11.8 Å². The Balaban J connectivity index is 1.24. The van der Waals surface area contributed by atoms with Crippen molar-refractivity contribution in [1.29, 1.82) is 0 Å². The molecule has 2 heterocycles. The number of carbonyl (C=O) groups is 2. The van der Waals surface area contributed by atoms with E-state index < -0.39 is 0 Å². The second kappa shape index (κ2) is 9.01. The zero-order valence-corrected chi connectivity index (χ0v) is 17.5. The SMILES string of the molecule is Cc1ccccc1CN1CCC(NC(=O)CC2Sc3ccccc3NC2=O)CC1. The Bertz CT molecular complexity index is 893. The first-order valence-corrected chi connectivity index (χ1v) is 11.1. The number of likely N-dealkylation sites (tertiary alicyclic amines) is 1. The van der Waals surface area contributed by atoms with Crippen molar-refractivity contribution in [3.63, 3.8) is 0 Å². The van der Waals surface area contributed by atoms with E-state index in [9.17, 15) is 9.59 Å². The fourth-order valence-electron chi connectivity index (χ4n) is 3.95. The lowest BCUT2D eigenvalue weighted by Gasteiger charge is -2.33. The third-order valence-electron chi connectivity index (χ3n) is 5.69. The Morgan fingerprint density at radius 2 is 1.86 bits per heavy atom. The van der Waals surface area contributed by atoms with E-state index in [-0.39, 0.29) is 29.5 Å². The fraction of sp³-hybridized carbons (Fsp3) is 0.391. The number of piperidine rings is 1. The van der Waals surface area contributed by atoms with Gasteiger partial charge in [-0.2, -0.15) is 0 Å². The molecule has 2 aliphatic heterocycles. The Morgan fingerprint density at radius 3 is 2.66 bits per heavy atom. The summed E-state index contributed by atoms with van der Waals surface area (Å²) in [6, 6.07) is 16.4. The Labute approximate surface area is 176 Å². The van der Waals surface area contributed by atoms with Crippen LogP contribution in [0.25, 0.3) is 0 Å². The predicted octanol–water partition coefficient (Wildman–Crippen LogP) is 3.58. The van der Waals surface area contributed by atoms with Gasteiger partial charge in [-0.1, -0.05) is 36.4 Å². The highest BCUT2D eigenvalue weighted by molar-refractivity contribution is 8.01. The van der Waals surface area contributed by atoms with Gasteiger partial charge >= 0.3 is 0 Å². The highest BCUT2D eigenvalue weighted by Crippen LogP contribution is 2.36. The molecule has 6 heteroatoms. The monoisotopic (exact) mass is 409 g/mol. The van der Waals surface area contributed by atoms with Gasteiger partial charge in [0.05, 0.1) is 10.9 Å². The number of rotatable bonds is 5. The Kier molecular flexibility index (Phi) is 6.21. The molecular formula is C23H27N3O2S. The number of aryl methyl sites for hydroxylation is 1. The highest BCUT2D eigenvalue weighted by atomic mass is 32.2. The van der Waals surface area contributed by atoms with Gasteiger partial charge in [0.25, 0.3) is 0 Å². The summed E-state index contributed by atoms with van der Waals surface area (Å²) in [4.78, 5) is 28.3. The number of para-hydroxylation sites is 1. The first-order chi connectivity index (χ1) is 14.1. The molecule has 0 aromatic heterocycles. The number of thioether (sulfide) groups is 1. The number of hydrogen-bond acceptors (Lipinski definition) is 4. The summed E-state index contributed by atoms with van der Waals surface area (Å²) in [5, 5.41) is 5.68. The van der Waals surface area contributed by atoms with Crippen molar-refractivity contribution in [2.24, 2.45) is 0 Å². The van der Waals surface area contributed by atoms with Gasteiger partial charge in [-0.3, -0.25) is 14.5 Å². The molecule has 2 amide bonds. The lowest BCUT2D eigenvalue weighted by Crippen LogP contribution is -2.45. The molecule has 0 radical (unpaired) electrons. The van der Waals surface area contributed by atoms with Crippen LogP contribution in [0.2, 0.25) is 0 Å². The molecule has 2 aromatic carbocycles. The van der Waals surface area contributed by atoms with Crippen LogP contribution < -0.4 is 10.6 Å². The summed E-state index contributed by atoms with van der Waals surface area (Å²) >= 11 is 1.48. The van der Waals surface area contributed by atoms with Crippen molar-refractivity contribution in [1.82, 2.24) is 10.2 Å². The molecule has 2 aliphatic rings. The van der Waals surface area contributed by atoms with Crippen LogP contribution in [0, 0.1) is 6.92 Å². The normalized spacial score (nSPS) is 20.0. The summed E-state index contributed by atoms with van der Waals surface area (Å²) in [5.41, 5.74) is 3.53. The second-order valence-corrected chi connectivity index (χ2v) is 9.09. The average Bonchev–Trinajstić information content (AvgIpc) is 2.72. The number of hydrogen-bond donors (Lipinski definition) is 2. The molecule has 2 aromatic rings. The van der Waals surface area contributed by atoms with Crippen molar-refractivity contribution in [2.75, 3.05) is 18.4 Å². The minimum Gasteiger partial charge on any atom is -0.353 e. The van der Waals surface area contributed by atoms with Crippen molar-refractivity contribution in [3.05, 3.63) is 59.7 Å². The van der Waals surface area contributed by atoms with Crippen LogP contribution in [-0.4, -0.2) is 41.1 Å². The van der Waals surface area contributed by atoms with E-state index in [0.29, 0.717) is 0 Å².